The Kier molecular flexibility index (Phi) is 3.21. The summed E-state index contributed by atoms with van der Waals surface area (Å²) in [5, 5.41) is 6.12. The molecule has 19 heavy (non-hydrogen) atoms. The number of rotatable bonds is 2. The summed E-state index contributed by atoms with van der Waals surface area (Å²) in [5.74, 6) is 0. The van der Waals surface area contributed by atoms with Crippen LogP contribution in [-0.4, -0.2) is 10.0 Å². The molecule has 0 aliphatic carbocycles. The Morgan fingerprint density at radius 3 is 2.68 bits per heavy atom. The topological polar surface area (TPSA) is 37.3 Å². The Balaban J connectivity index is 1.85. The number of hydrogen-bond donors (Lipinski definition) is 1. The molecule has 2 heterocycles. The number of pyridine rings is 1. The molecular weight excluding hydrogens is 278 g/mol. The van der Waals surface area contributed by atoms with Crippen LogP contribution in [0.3, 0.4) is 0 Å². The van der Waals surface area contributed by atoms with Crippen LogP contribution in [0.2, 0.25) is 5.02 Å². The lowest BCUT2D eigenvalue weighted by Gasteiger charge is -2.22. The van der Waals surface area contributed by atoms with Crippen molar-refractivity contribution in [3.8, 4) is 0 Å². The first-order valence-corrected chi connectivity index (χ1v) is 7.07. The molecule has 0 amide bonds. The molecule has 1 unspecified atom stereocenters. The molecule has 0 radical (unpaired) electrons. The van der Waals surface area contributed by atoms with Crippen molar-refractivity contribution in [1.82, 2.24) is 10.4 Å². The number of hydrogen-bond acceptors (Lipinski definition) is 4. The largest absolute Gasteiger partial charge is 0.288 e. The van der Waals surface area contributed by atoms with Gasteiger partial charge in [0.05, 0.1) is 0 Å². The molecule has 1 aliphatic heterocycles. The van der Waals surface area contributed by atoms with E-state index in [0.717, 1.165) is 21.2 Å². The molecule has 1 aromatic carbocycles. The molecule has 0 saturated carbocycles. The van der Waals surface area contributed by atoms with E-state index in [0.29, 0.717) is 0 Å². The van der Waals surface area contributed by atoms with Crippen molar-refractivity contribution >= 4 is 28.4 Å². The molecule has 5 heteroatoms. The lowest BCUT2D eigenvalue weighted by Crippen LogP contribution is -2.28. The summed E-state index contributed by atoms with van der Waals surface area (Å²) in [7, 11) is 0. The Labute approximate surface area is 121 Å². The van der Waals surface area contributed by atoms with Crippen LogP contribution in [0.4, 0.5) is 0 Å². The van der Waals surface area contributed by atoms with Crippen LogP contribution in [0, 0.1) is 0 Å². The van der Waals surface area contributed by atoms with Gasteiger partial charge >= 0.3 is 0 Å². The molecular formula is C14H12ClN3S. The van der Waals surface area contributed by atoms with E-state index < -0.39 is 0 Å². The van der Waals surface area contributed by atoms with Crippen molar-refractivity contribution < 1.29 is 0 Å². The fourth-order valence-corrected chi connectivity index (χ4v) is 3.07. The van der Waals surface area contributed by atoms with Gasteiger partial charge in [-0.3, -0.25) is 10.4 Å². The first kappa shape index (κ1) is 12.5. The van der Waals surface area contributed by atoms with Crippen molar-refractivity contribution in [1.29, 1.82) is 0 Å². The molecule has 0 fully saturated rings. The third-order valence-corrected chi connectivity index (χ3v) is 4.48. The van der Waals surface area contributed by atoms with Crippen molar-refractivity contribution in [2.75, 3.05) is 0 Å². The Morgan fingerprint density at radius 2 is 2.00 bits per heavy atom. The number of aromatic nitrogens is 1. The molecule has 1 N–H and O–H groups in total. The van der Waals surface area contributed by atoms with E-state index in [1.165, 1.54) is 0 Å². The van der Waals surface area contributed by atoms with Crippen molar-refractivity contribution in [2.24, 2.45) is 5.10 Å². The van der Waals surface area contributed by atoms with E-state index in [4.69, 9.17) is 11.6 Å². The van der Waals surface area contributed by atoms with Crippen molar-refractivity contribution in [3.63, 3.8) is 0 Å². The highest BCUT2D eigenvalue weighted by atomic mass is 35.5. The number of nitrogens with zero attached hydrogens (tertiary/aromatic N) is 2. The standard InChI is InChI=1S/C14H12ClN3S/c1-14(11-3-2-8-16-9-11)18-17-13(19-14)10-4-6-12(15)7-5-10/h2-9,18H,1H3. The Bertz CT molecular complexity index is 612. The lowest BCUT2D eigenvalue weighted by molar-refractivity contribution is 0.561. The average Bonchev–Trinajstić information content (AvgIpc) is 2.85. The number of thioether (sulfide) groups is 1. The van der Waals surface area contributed by atoms with E-state index in [-0.39, 0.29) is 4.87 Å². The van der Waals surface area contributed by atoms with Crippen LogP contribution in [-0.2, 0) is 4.87 Å². The maximum absolute atomic E-state index is 5.90. The van der Waals surface area contributed by atoms with Crippen molar-refractivity contribution in [3.05, 3.63) is 64.9 Å². The fourth-order valence-electron chi connectivity index (χ4n) is 1.88. The molecule has 3 nitrogen and oxygen atoms in total. The lowest BCUT2D eigenvalue weighted by atomic mass is 10.1. The summed E-state index contributed by atoms with van der Waals surface area (Å²) in [6.45, 7) is 2.10. The van der Waals surface area contributed by atoms with Gasteiger partial charge in [-0.1, -0.05) is 41.6 Å². The smallest absolute Gasteiger partial charge is 0.130 e. The monoisotopic (exact) mass is 289 g/mol. The highest BCUT2D eigenvalue weighted by Gasteiger charge is 2.34. The van der Waals surface area contributed by atoms with Gasteiger partial charge < -0.3 is 0 Å². The number of benzene rings is 1. The molecule has 1 aliphatic rings. The Hall–Kier alpha value is -1.52. The summed E-state index contributed by atoms with van der Waals surface area (Å²) in [6, 6.07) is 11.7. The van der Waals surface area contributed by atoms with E-state index in [2.05, 4.69) is 22.4 Å². The maximum atomic E-state index is 5.90. The summed E-state index contributed by atoms with van der Waals surface area (Å²) >= 11 is 7.58. The maximum Gasteiger partial charge on any atom is 0.130 e. The highest BCUT2D eigenvalue weighted by Crippen LogP contribution is 2.39. The van der Waals surface area contributed by atoms with Gasteiger partial charge in [0.2, 0.25) is 0 Å². The third-order valence-electron chi connectivity index (χ3n) is 2.98. The summed E-state index contributed by atoms with van der Waals surface area (Å²) in [6.07, 6.45) is 3.63. The van der Waals surface area contributed by atoms with Crippen LogP contribution in [0.15, 0.2) is 53.9 Å². The van der Waals surface area contributed by atoms with E-state index in [9.17, 15) is 0 Å². The second-order valence-electron chi connectivity index (χ2n) is 4.41. The second-order valence-corrected chi connectivity index (χ2v) is 6.26. The summed E-state index contributed by atoms with van der Waals surface area (Å²) in [5.41, 5.74) is 5.36. The SMILES string of the molecule is CC1(c2cccnc2)NN=C(c2ccc(Cl)cc2)S1. The first-order chi connectivity index (χ1) is 9.17. The van der Waals surface area contributed by atoms with Gasteiger partial charge in [0, 0.05) is 28.5 Å². The predicted molar refractivity (Wildman–Crippen MR) is 80.3 cm³/mol. The van der Waals surface area contributed by atoms with E-state index >= 15 is 0 Å². The number of hydrazone groups is 1. The molecule has 96 valence electrons. The minimum Gasteiger partial charge on any atom is -0.288 e. The number of nitrogens with one attached hydrogen (secondary N) is 1. The van der Waals surface area contributed by atoms with Gasteiger partial charge in [0.1, 0.15) is 9.91 Å². The van der Waals surface area contributed by atoms with Crippen LogP contribution >= 0.6 is 23.4 Å². The van der Waals surface area contributed by atoms with Gasteiger partial charge in [0.15, 0.2) is 0 Å². The minimum atomic E-state index is -0.275. The number of halogens is 1. The molecule has 0 bridgehead atoms. The van der Waals surface area contributed by atoms with Gasteiger partial charge in [-0.25, -0.2) is 0 Å². The Morgan fingerprint density at radius 1 is 1.21 bits per heavy atom. The van der Waals surface area contributed by atoms with Crippen LogP contribution < -0.4 is 5.43 Å². The average molecular weight is 290 g/mol. The van der Waals surface area contributed by atoms with Crippen LogP contribution in [0.25, 0.3) is 0 Å². The molecule has 1 aromatic heterocycles. The van der Waals surface area contributed by atoms with Gasteiger partial charge in [-0.15, -0.1) is 0 Å². The first-order valence-electron chi connectivity index (χ1n) is 5.88. The van der Waals surface area contributed by atoms with E-state index in [1.807, 2.05) is 42.6 Å². The molecule has 0 saturated heterocycles. The second kappa shape index (κ2) is 4.87. The predicted octanol–water partition coefficient (Wildman–Crippen LogP) is 3.61. The van der Waals surface area contributed by atoms with Gasteiger partial charge in [0.25, 0.3) is 0 Å². The van der Waals surface area contributed by atoms with E-state index in [1.54, 1.807) is 18.0 Å². The normalized spacial score (nSPS) is 21.9. The fraction of sp³-hybridized carbons (Fsp3) is 0.143. The van der Waals surface area contributed by atoms with Crippen LogP contribution in [0.1, 0.15) is 18.1 Å². The zero-order valence-electron chi connectivity index (χ0n) is 10.3. The molecule has 3 rings (SSSR count). The van der Waals surface area contributed by atoms with Gasteiger partial charge in [-0.2, -0.15) is 5.10 Å². The summed E-state index contributed by atoms with van der Waals surface area (Å²) in [4.78, 5) is 3.89. The highest BCUT2D eigenvalue weighted by molar-refractivity contribution is 8.15. The molecule has 1 atom stereocenters. The van der Waals surface area contributed by atoms with Crippen molar-refractivity contribution in [2.45, 2.75) is 11.8 Å². The molecule has 0 spiro atoms. The molecule has 2 aromatic rings. The van der Waals surface area contributed by atoms with Gasteiger partial charge in [-0.05, 0) is 25.1 Å². The zero-order chi connectivity index (χ0) is 13.3. The zero-order valence-corrected chi connectivity index (χ0v) is 11.9. The third kappa shape index (κ3) is 2.46. The minimum absolute atomic E-state index is 0.275. The quantitative estimate of drug-likeness (QED) is 0.918. The van der Waals surface area contributed by atoms with Crippen LogP contribution in [0.5, 0.6) is 0 Å². The summed E-state index contributed by atoms with van der Waals surface area (Å²) < 4.78 is 0.